The molecule has 0 unspecified atom stereocenters. The molecule has 0 bridgehead atoms. The maximum Gasteiger partial charge on any atom is 0.0991 e. The van der Waals surface area contributed by atoms with E-state index in [1.807, 2.05) is 0 Å². The van der Waals surface area contributed by atoms with Gasteiger partial charge < -0.3 is 5.11 Å². The van der Waals surface area contributed by atoms with Gasteiger partial charge in [0.1, 0.15) is 0 Å². The molecule has 3 nitrogen and oxygen atoms in total. The lowest BCUT2D eigenvalue weighted by Crippen LogP contribution is -2.53. The Balaban J connectivity index is 2.35. The molecule has 1 N–H and O–H groups in total. The van der Waals surface area contributed by atoms with Crippen molar-refractivity contribution in [3.8, 4) is 0 Å². The van der Waals surface area contributed by atoms with Crippen molar-refractivity contribution in [3.63, 3.8) is 0 Å². The number of aliphatic hydroxyl groups is 1. The summed E-state index contributed by atoms with van der Waals surface area (Å²) >= 11 is 0. The van der Waals surface area contributed by atoms with Crippen molar-refractivity contribution in [2.45, 2.75) is 26.3 Å². The van der Waals surface area contributed by atoms with Gasteiger partial charge in [-0.3, -0.25) is 9.80 Å². The first-order valence-electron chi connectivity index (χ1n) is 5.24. The first-order valence-corrected chi connectivity index (χ1v) is 5.24. The van der Waals surface area contributed by atoms with Crippen LogP contribution in [0.25, 0.3) is 0 Å². The van der Waals surface area contributed by atoms with Crippen molar-refractivity contribution in [2.24, 2.45) is 0 Å². The van der Waals surface area contributed by atoms with Gasteiger partial charge in [-0.15, -0.1) is 0 Å². The molecular weight excluding hydrogens is 176 g/mol. The zero-order valence-electron chi connectivity index (χ0n) is 9.58. The zero-order valence-corrected chi connectivity index (χ0v) is 9.58. The van der Waals surface area contributed by atoms with Crippen LogP contribution in [-0.2, 0) is 0 Å². The highest BCUT2D eigenvalue weighted by atomic mass is 16.3. The van der Waals surface area contributed by atoms with Crippen molar-refractivity contribution >= 4 is 0 Å². The summed E-state index contributed by atoms with van der Waals surface area (Å²) in [6.07, 6.45) is 0. The maximum absolute atomic E-state index is 9.08. The quantitative estimate of drug-likeness (QED) is 0.681. The van der Waals surface area contributed by atoms with E-state index in [-0.39, 0.29) is 11.3 Å². The minimum absolute atomic E-state index is 0.266. The lowest BCUT2D eigenvalue weighted by molar-refractivity contribution is 0.0622. The second-order valence-electron chi connectivity index (χ2n) is 5.00. The molecule has 1 saturated heterocycles. The van der Waals surface area contributed by atoms with Gasteiger partial charge >= 0.3 is 0 Å². The Labute approximate surface area is 87.0 Å². The molecule has 1 heterocycles. The maximum atomic E-state index is 9.08. The molecule has 0 saturated carbocycles. The first-order chi connectivity index (χ1) is 6.39. The second kappa shape index (κ2) is 4.32. The van der Waals surface area contributed by atoms with Gasteiger partial charge in [-0.2, -0.15) is 0 Å². The average Bonchev–Trinajstić information content (AvgIpc) is 2.02. The van der Waals surface area contributed by atoms with Crippen molar-refractivity contribution in [1.29, 1.82) is 0 Å². The van der Waals surface area contributed by atoms with Crippen LogP contribution < -0.4 is 0 Å². The minimum atomic E-state index is 0.266. The van der Waals surface area contributed by atoms with Crippen molar-refractivity contribution in [1.82, 2.24) is 9.80 Å². The number of aliphatic hydroxyl groups excluding tert-OH is 1. The molecule has 14 heavy (non-hydrogen) atoms. The van der Waals surface area contributed by atoms with Gasteiger partial charge in [-0.25, -0.2) is 0 Å². The summed E-state index contributed by atoms with van der Waals surface area (Å²) in [6.45, 7) is 15.1. The van der Waals surface area contributed by atoms with Gasteiger partial charge in [0.2, 0.25) is 0 Å². The molecule has 82 valence electrons. The van der Waals surface area contributed by atoms with Gasteiger partial charge in [-0.1, -0.05) is 6.58 Å². The molecule has 1 rings (SSSR count). The van der Waals surface area contributed by atoms with E-state index in [9.17, 15) is 0 Å². The Morgan fingerprint density at radius 2 is 1.71 bits per heavy atom. The third kappa shape index (κ3) is 3.31. The van der Waals surface area contributed by atoms with Gasteiger partial charge in [0, 0.05) is 31.7 Å². The summed E-state index contributed by atoms with van der Waals surface area (Å²) < 4.78 is 0. The monoisotopic (exact) mass is 198 g/mol. The number of hydrogen-bond donors (Lipinski definition) is 1. The van der Waals surface area contributed by atoms with E-state index in [2.05, 4.69) is 37.1 Å². The minimum Gasteiger partial charge on any atom is -0.512 e. The van der Waals surface area contributed by atoms with Gasteiger partial charge in [0.15, 0.2) is 0 Å². The van der Waals surface area contributed by atoms with Gasteiger partial charge in [-0.05, 0) is 20.8 Å². The van der Waals surface area contributed by atoms with E-state index < -0.39 is 0 Å². The van der Waals surface area contributed by atoms with E-state index in [4.69, 9.17) is 5.11 Å². The molecule has 0 aromatic carbocycles. The normalized spacial score (nSPS) is 21.1. The molecule has 0 radical (unpaired) electrons. The van der Waals surface area contributed by atoms with E-state index in [1.165, 1.54) is 0 Å². The largest absolute Gasteiger partial charge is 0.512 e. The summed E-state index contributed by atoms with van der Waals surface area (Å²) in [7, 11) is 0. The smallest absolute Gasteiger partial charge is 0.0991 e. The van der Waals surface area contributed by atoms with Crippen molar-refractivity contribution in [3.05, 3.63) is 12.3 Å². The van der Waals surface area contributed by atoms with E-state index in [1.54, 1.807) is 0 Å². The van der Waals surface area contributed by atoms with Gasteiger partial charge in [0.25, 0.3) is 0 Å². The number of piperazine rings is 1. The molecule has 1 fully saturated rings. The molecule has 0 aromatic rings. The molecule has 0 amide bonds. The molecule has 0 atom stereocenters. The number of rotatable bonds is 2. The van der Waals surface area contributed by atoms with E-state index in [0.29, 0.717) is 6.54 Å². The summed E-state index contributed by atoms with van der Waals surface area (Å²) in [5.74, 6) is 0.272. The van der Waals surface area contributed by atoms with Gasteiger partial charge in [0.05, 0.1) is 12.3 Å². The van der Waals surface area contributed by atoms with Crippen LogP contribution in [-0.4, -0.2) is 53.2 Å². The topological polar surface area (TPSA) is 26.7 Å². The average molecular weight is 198 g/mol. The Morgan fingerprint density at radius 3 is 2.07 bits per heavy atom. The van der Waals surface area contributed by atoms with Crippen LogP contribution in [0, 0.1) is 0 Å². The Morgan fingerprint density at radius 1 is 1.21 bits per heavy atom. The predicted octanol–water partition coefficient (Wildman–Crippen LogP) is 1.47. The van der Waals surface area contributed by atoms with Crippen LogP contribution >= 0.6 is 0 Å². The lowest BCUT2D eigenvalue weighted by Gasteiger charge is -2.42. The van der Waals surface area contributed by atoms with Crippen molar-refractivity contribution < 1.29 is 5.11 Å². The highest BCUT2D eigenvalue weighted by molar-refractivity contribution is 4.88. The highest BCUT2D eigenvalue weighted by Crippen LogP contribution is 2.15. The van der Waals surface area contributed by atoms with Crippen LogP contribution in [0.5, 0.6) is 0 Å². The first kappa shape index (κ1) is 11.5. The molecule has 0 aromatic heterocycles. The third-order valence-corrected chi connectivity index (χ3v) is 2.73. The number of hydrogen-bond acceptors (Lipinski definition) is 3. The molecule has 3 heteroatoms. The summed E-state index contributed by atoms with van der Waals surface area (Å²) in [5, 5.41) is 9.08. The molecular formula is C11H22N2O. The summed E-state index contributed by atoms with van der Waals surface area (Å²) in [4.78, 5) is 4.72. The fraction of sp³-hybridized carbons (Fsp3) is 0.818. The standard InChI is InChI=1S/C11H22N2O/c1-10(14)9-12-5-7-13(8-6-12)11(2,3)4/h14H,1,5-9H2,2-4H3. The molecule has 1 aliphatic rings. The van der Waals surface area contributed by atoms with Crippen LogP contribution in [0.2, 0.25) is 0 Å². The summed E-state index contributed by atoms with van der Waals surface area (Å²) in [5.41, 5.74) is 0.266. The third-order valence-electron chi connectivity index (χ3n) is 2.73. The molecule has 0 aliphatic carbocycles. The second-order valence-corrected chi connectivity index (χ2v) is 5.00. The van der Waals surface area contributed by atoms with Crippen LogP contribution in [0.4, 0.5) is 0 Å². The molecule has 0 spiro atoms. The fourth-order valence-electron chi connectivity index (χ4n) is 1.83. The van der Waals surface area contributed by atoms with Crippen molar-refractivity contribution in [2.75, 3.05) is 32.7 Å². The summed E-state index contributed by atoms with van der Waals surface area (Å²) in [6, 6.07) is 0. The van der Waals surface area contributed by atoms with Crippen LogP contribution in [0.3, 0.4) is 0 Å². The Hall–Kier alpha value is -0.540. The Bertz CT molecular complexity index is 200. The molecule has 1 aliphatic heterocycles. The van der Waals surface area contributed by atoms with E-state index in [0.717, 1.165) is 26.2 Å². The van der Waals surface area contributed by atoms with E-state index >= 15 is 0 Å². The highest BCUT2D eigenvalue weighted by Gasteiger charge is 2.25. The van der Waals surface area contributed by atoms with Crippen LogP contribution in [0.15, 0.2) is 12.3 Å². The predicted molar refractivity (Wildman–Crippen MR) is 59.5 cm³/mol. The zero-order chi connectivity index (χ0) is 10.8. The Kier molecular flexibility index (Phi) is 3.56. The van der Waals surface area contributed by atoms with Crippen LogP contribution in [0.1, 0.15) is 20.8 Å². The number of nitrogens with zero attached hydrogens (tertiary/aromatic N) is 2. The fourth-order valence-corrected chi connectivity index (χ4v) is 1.83. The lowest BCUT2D eigenvalue weighted by atomic mass is 10.1. The SMILES string of the molecule is C=C(O)CN1CCN(C(C)(C)C)CC1.